The van der Waals surface area contributed by atoms with Gasteiger partial charge in [-0.2, -0.15) is 26.3 Å². The molecule has 15 heavy (non-hydrogen) atoms. The van der Waals surface area contributed by atoms with E-state index in [-0.39, 0.29) is 11.3 Å². The summed E-state index contributed by atoms with van der Waals surface area (Å²) in [5, 5.41) is 9.83. The van der Waals surface area contributed by atoms with Crippen LogP contribution in [0.5, 0.6) is 0 Å². The summed E-state index contributed by atoms with van der Waals surface area (Å²) >= 11 is 0.194. The molecule has 1 rings (SSSR count). The Hall–Kier alpha value is -0.760. The molecule has 8 heteroatoms. The third-order valence-electron chi connectivity index (χ3n) is 1.70. The lowest BCUT2D eigenvalue weighted by atomic mass is 10.0. The molecule has 0 atom stereocenters. The number of aliphatic hydroxyl groups is 1. The summed E-state index contributed by atoms with van der Waals surface area (Å²) in [6, 6.07) is 1.59. The van der Waals surface area contributed by atoms with E-state index in [4.69, 9.17) is 5.11 Å². The van der Waals surface area contributed by atoms with Gasteiger partial charge in [0.2, 0.25) is 0 Å². The second-order valence-corrected chi connectivity index (χ2v) is 3.63. The van der Waals surface area contributed by atoms with Gasteiger partial charge in [0.05, 0.1) is 4.88 Å². The van der Waals surface area contributed by atoms with Crippen molar-refractivity contribution in [2.75, 3.05) is 0 Å². The molecule has 0 aliphatic heterocycles. The van der Waals surface area contributed by atoms with Crippen LogP contribution < -0.4 is 0 Å². The summed E-state index contributed by atoms with van der Waals surface area (Å²) in [4.78, 5) is -1.19. The molecule has 0 aliphatic carbocycles. The normalized spacial score (nSPS) is 14.3. The Kier molecular flexibility index (Phi) is 2.77. The Balaban J connectivity index is 3.33. The molecule has 0 saturated heterocycles. The highest BCUT2D eigenvalue weighted by molar-refractivity contribution is 7.10. The summed E-state index contributed by atoms with van der Waals surface area (Å²) in [6.07, 6.45) is -11.6. The quantitative estimate of drug-likeness (QED) is 0.759. The van der Waals surface area contributed by atoms with Gasteiger partial charge >= 0.3 is 12.4 Å². The van der Waals surface area contributed by atoms with Crippen molar-refractivity contribution in [1.82, 2.24) is 0 Å². The summed E-state index contributed by atoms with van der Waals surface area (Å²) in [6.45, 7) is 0. The van der Waals surface area contributed by atoms with Gasteiger partial charge < -0.3 is 5.11 Å². The highest BCUT2D eigenvalue weighted by Crippen LogP contribution is 2.51. The molecule has 0 aliphatic rings. The molecule has 0 spiro atoms. The van der Waals surface area contributed by atoms with E-state index in [1.807, 2.05) is 0 Å². The molecule has 0 saturated carbocycles. The van der Waals surface area contributed by atoms with E-state index in [1.54, 1.807) is 0 Å². The first-order valence-electron chi connectivity index (χ1n) is 3.50. The van der Waals surface area contributed by atoms with Gasteiger partial charge in [-0.05, 0) is 11.4 Å². The van der Waals surface area contributed by atoms with Crippen LogP contribution in [0.25, 0.3) is 0 Å². The first-order valence-corrected chi connectivity index (χ1v) is 4.38. The molecule has 1 N–H and O–H groups in total. The van der Waals surface area contributed by atoms with E-state index in [0.717, 1.165) is 11.4 Å². The predicted molar refractivity (Wildman–Crippen MR) is 40.3 cm³/mol. The summed E-state index contributed by atoms with van der Waals surface area (Å²) < 4.78 is 73.2. The van der Waals surface area contributed by atoms with Crippen LogP contribution in [0.15, 0.2) is 17.5 Å². The fourth-order valence-electron chi connectivity index (χ4n) is 0.925. The van der Waals surface area contributed by atoms with E-state index >= 15 is 0 Å². The number of hydrogen-bond acceptors (Lipinski definition) is 2. The third kappa shape index (κ3) is 1.83. The van der Waals surface area contributed by atoms with E-state index in [1.165, 1.54) is 0 Å². The Morgan fingerprint density at radius 1 is 1.00 bits per heavy atom. The first-order chi connectivity index (χ1) is 6.61. The maximum atomic E-state index is 12.2. The molecular weight excluding hydrogens is 246 g/mol. The molecule has 1 aromatic heterocycles. The molecule has 0 bridgehead atoms. The smallest absolute Gasteiger partial charge is 0.369 e. The zero-order valence-corrected chi connectivity index (χ0v) is 7.67. The Morgan fingerprint density at radius 3 is 1.73 bits per heavy atom. The molecule has 1 heterocycles. The maximum Gasteiger partial charge on any atom is 0.431 e. The van der Waals surface area contributed by atoms with Crippen molar-refractivity contribution in [1.29, 1.82) is 0 Å². The van der Waals surface area contributed by atoms with Gasteiger partial charge in [0, 0.05) is 0 Å². The molecule has 0 fully saturated rings. The van der Waals surface area contributed by atoms with E-state index in [9.17, 15) is 26.3 Å². The van der Waals surface area contributed by atoms with Gasteiger partial charge in [0.15, 0.2) is 0 Å². The first kappa shape index (κ1) is 12.3. The second kappa shape index (κ2) is 3.38. The average molecular weight is 250 g/mol. The van der Waals surface area contributed by atoms with Gasteiger partial charge in [0.25, 0.3) is 5.60 Å². The highest BCUT2D eigenvalue weighted by atomic mass is 32.1. The fourth-order valence-corrected chi connectivity index (χ4v) is 1.79. The Bertz CT molecular complexity index is 310. The molecular formula is C7H4F6OS. The molecule has 1 aromatic rings. The van der Waals surface area contributed by atoms with Crippen LogP contribution in [0.3, 0.4) is 0 Å². The van der Waals surface area contributed by atoms with Crippen molar-refractivity contribution in [3.05, 3.63) is 22.4 Å². The monoisotopic (exact) mass is 250 g/mol. The van der Waals surface area contributed by atoms with Crippen molar-refractivity contribution < 1.29 is 31.4 Å². The van der Waals surface area contributed by atoms with Crippen LogP contribution in [0, 0.1) is 0 Å². The fraction of sp³-hybridized carbons (Fsp3) is 0.429. The van der Waals surface area contributed by atoms with E-state index in [0.29, 0.717) is 6.07 Å². The standard InChI is InChI=1S/C7H4F6OS/c8-6(9,10)5(14,7(11,12)13)4-2-1-3-15-4/h1-3,14H. The number of halogens is 6. The van der Waals surface area contributed by atoms with Crippen molar-refractivity contribution >= 4 is 11.3 Å². The molecule has 86 valence electrons. The van der Waals surface area contributed by atoms with Crippen LogP contribution >= 0.6 is 11.3 Å². The van der Waals surface area contributed by atoms with Crippen molar-refractivity contribution in [3.63, 3.8) is 0 Å². The zero-order valence-electron chi connectivity index (χ0n) is 6.86. The van der Waals surface area contributed by atoms with Crippen LogP contribution in [-0.2, 0) is 5.60 Å². The maximum absolute atomic E-state index is 12.2. The second-order valence-electron chi connectivity index (χ2n) is 2.68. The summed E-state index contributed by atoms with van der Waals surface area (Å²) in [5.74, 6) is 0. The molecule has 0 aromatic carbocycles. The van der Waals surface area contributed by atoms with Crippen LogP contribution in [0.1, 0.15) is 4.88 Å². The molecule has 0 radical (unpaired) electrons. The van der Waals surface area contributed by atoms with Gasteiger partial charge in [-0.3, -0.25) is 0 Å². The third-order valence-corrected chi connectivity index (χ3v) is 2.68. The van der Waals surface area contributed by atoms with Crippen LogP contribution in [-0.4, -0.2) is 17.5 Å². The van der Waals surface area contributed by atoms with Crippen LogP contribution in [0.4, 0.5) is 26.3 Å². The lowest BCUT2D eigenvalue weighted by Crippen LogP contribution is -2.53. The lowest BCUT2D eigenvalue weighted by Gasteiger charge is -2.31. The van der Waals surface area contributed by atoms with E-state index < -0.39 is 22.8 Å². The summed E-state index contributed by atoms with van der Waals surface area (Å²) in [7, 11) is 0. The van der Waals surface area contributed by atoms with Crippen molar-refractivity contribution in [2.45, 2.75) is 18.0 Å². The lowest BCUT2D eigenvalue weighted by molar-refractivity contribution is -0.374. The zero-order chi connectivity index (χ0) is 11.9. The van der Waals surface area contributed by atoms with Crippen molar-refractivity contribution in [2.24, 2.45) is 0 Å². The van der Waals surface area contributed by atoms with Crippen molar-refractivity contribution in [3.8, 4) is 0 Å². The molecule has 0 unspecified atom stereocenters. The minimum atomic E-state index is -5.80. The number of alkyl halides is 6. The van der Waals surface area contributed by atoms with E-state index in [2.05, 4.69) is 0 Å². The SMILES string of the molecule is OC(c1cccs1)(C(F)(F)F)C(F)(F)F. The number of rotatable bonds is 1. The minimum absolute atomic E-state index is 0.194. The molecule has 1 nitrogen and oxygen atoms in total. The Morgan fingerprint density at radius 2 is 1.47 bits per heavy atom. The summed E-state index contributed by atoms with van der Waals surface area (Å²) in [5.41, 5.74) is -4.78. The minimum Gasteiger partial charge on any atom is -0.369 e. The largest absolute Gasteiger partial charge is 0.431 e. The number of hydrogen-bond donors (Lipinski definition) is 1. The highest BCUT2D eigenvalue weighted by Gasteiger charge is 2.72. The predicted octanol–water partition coefficient (Wildman–Crippen LogP) is 3.06. The van der Waals surface area contributed by atoms with Crippen LogP contribution in [0.2, 0.25) is 0 Å². The van der Waals surface area contributed by atoms with Gasteiger partial charge in [-0.1, -0.05) is 6.07 Å². The van der Waals surface area contributed by atoms with Gasteiger partial charge in [0.1, 0.15) is 0 Å². The topological polar surface area (TPSA) is 20.2 Å². The molecule has 0 amide bonds. The van der Waals surface area contributed by atoms with Gasteiger partial charge in [-0.25, -0.2) is 0 Å². The Labute approximate surface area is 84.0 Å². The number of thiophene rings is 1. The average Bonchev–Trinajstić information content (AvgIpc) is 2.49. The van der Waals surface area contributed by atoms with Gasteiger partial charge in [-0.15, -0.1) is 11.3 Å².